The largest absolute Gasteiger partial charge is 0.395 e. The van der Waals surface area contributed by atoms with E-state index in [1.54, 1.807) is 0 Å². The lowest BCUT2D eigenvalue weighted by Crippen LogP contribution is -2.28. The van der Waals surface area contributed by atoms with E-state index < -0.39 is 0 Å². The van der Waals surface area contributed by atoms with E-state index in [1.807, 2.05) is 32.0 Å². The lowest BCUT2D eigenvalue weighted by Gasteiger charge is -2.29. The van der Waals surface area contributed by atoms with Crippen molar-refractivity contribution in [2.45, 2.75) is 32.1 Å². The number of aryl methyl sites for hydroxylation is 1. The summed E-state index contributed by atoms with van der Waals surface area (Å²) in [4.78, 5) is 11.4. The number of fused-ring (bicyclic) bond motifs is 1. The number of aliphatic hydroxyl groups excluding tert-OH is 1. The molecule has 1 aromatic rings. The predicted molar refractivity (Wildman–Crippen MR) is 63.5 cm³/mol. The smallest absolute Gasteiger partial charge is 0.224 e. The molecule has 0 spiro atoms. The summed E-state index contributed by atoms with van der Waals surface area (Å²) >= 11 is 0. The van der Waals surface area contributed by atoms with Crippen LogP contribution in [0.25, 0.3) is 0 Å². The second-order valence-corrected chi connectivity index (χ2v) is 4.93. The van der Waals surface area contributed by atoms with Crippen LogP contribution in [0.2, 0.25) is 0 Å². The maximum Gasteiger partial charge on any atom is 0.224 e. The van der Waals surface area contributed by atoms with Crippen molar-refractivity contribution in [2.24, 2.45) is 0 Å². The van der Waals surface area contributed by atoms with Gasteiger partial charge in [-0.25, -0.2) is 0 Å². The van der Waals surface area contributed by atoms with E-state index in [2.05, 4.69) is 5.32 Å². The van der Waals surface area contributed by atoms with Crippen molar-refractivity contribution in [3.63, 3.8) is 0 Å². The first-order valence-corrected chi connectivity index (χ1v) is 5.58. The SMILES string of the molecule is CC(C)(CO)c1cccc2c1NC(=O)CC2. The van der Waals surface area contributed by atoms with Crippen LogP contribution in [0.4, 0.5) is 5.69 Å². The van der Waals surface area contributed by atoms with Gasteiger partial charge in [0.1, 0.15) is 0 Å². The minimum absolute atomic E-state index is 0.0636. The van der Waals surface area contributed by atoms with Crippen LogP contribution in [0, 0.1) is 0 Å². The summed E-state index contributed by atoms with van der Waals surface area (Å²) in [6.07, 6.45) is 1.34. The lowest BCUT2D eigenvalue weighted by atomic mass is 9.82. The van der Waals surface area contributed by atoms with Crippen molar-refractivity contribution in [1.82, 2.24) is 0 Å². The molecule has 1 aliphatic heterocycles. The Hall–Kier alpha value is -1.35. The van der Waals surface area contributed by atoms with Crippen molar-refractivity contribution >= 4 is 11.6 Å². The quantitative estimate of drug-likeness (QED) is 0.797. The fraction of sp³-hybridized carbons (Fsp3) is 0.462. The molecule has 0 fully saturated rings. The maximum atomic E-state index is 11.4. The summed E-state index contributed by atoms with van der Waals surface area (Å²) in [6.45, 7) is 4.02. The zero-order chi connectivity index (χ0) is 11.8. The van der Waals surface area contributed by atoms with E-state index in [1.165, 1.54) is 5.56 Å². The van der Waals surface area contributed by atoms with Gasteiger partial charge in [0.2, 0.25) is 5.91 Å². The summed E-state index contributed by atoms with van der Waals surface area (Å²) in [5.41, 5.74) is 2.76. The number of carbonyl (C=O) groups is 1. The second kappa shape index (κ2) is 3.91. The number of aliphatic hydroxyl groups is 1. The van der Waals surface area contributed by atoms with Gasteiger partial charge >= 0.3 is 0 Å². The fourth-order valence-corrected chi connectivity index (χ4v) is 2.06. The Morgan fingerprint density at radius 3 is 2.81 bits per heavy atom. The predicted octanol–water partition coefficient (Wildman–Crippen LogP) is 1.84. The summed E-state index contributed by atoms with van der Waals surface area (Å²) in [6, 6.07) is 6.00. The van der Waals surface area contributed by atoms with Crippen LogP contribution in [0.15, 0.2) is 18.2 Å². The number of para-hydroxylation sites is 1. The second-order valence-electron chi connectivity index (χ2n) is 4.93. The zero-order valence-electron chi connectivity index (χ0n) is 9.71. The molecule has 0 saturated heterocycles. The van der Waals surface area contributed by atoms with Crippen LogP contribution in [-0.2, 0) is 16.6 Å². The first-order valence-electron chi connectivity index (χ1n) is 5.58. The molecule has 0 bridgehead atoms. The Labute approximate surface area is 95.5 Å². The first-order chi connectivity index (χ1) is 7.54. The lowest BCUT2D eigenvalue weighted by molar-refractivity contribution is -0.116. The summed E-state index contributed by atoms with van der Waals surface area (Å²) in [5, 5.41) is 12.3. The van der Waals surface area contributed by atoms with Crippen LogP contribution in [-0.4, -0.2) is 17.6 Å². The van der Waals surface area contributed by atoms with Gasteiger partial charge < -0.3 is 10.4 Å². The van der Waals surface area contributed by atoms with Crippen molar-refractivity contribution in [3.8, 4) is 0 Å². The number of carbonyl (C=O) groups excluding carboxylic acids is 1. The number of hydrogen-bond donors (Lipinski definition) is 2. The standard InChI is InChI=1S/C13H17NO2/c1-13(2,8-15)10-5-3-4-9-6-7-11(16)14-12(9)10/h3-5,15H,6-8H2,1-2H3,(H,14,16). The molecule has 16 heavy (non-hydrogen) atoms. The molecule has 2 rings (SSSR count). The highest BCUT2D eigenvalue weighted by atomic mass is 16.3. The molecule has 1 aliphatic rings. The number of benzene rings is 1. The van der Waals surface area contributed by atoms with Crippen molar-refractivity contribution in [1.29, 1.82) is 0 Å². The van der Waals surface area contributed by atoms with Gasteiger partial charge in [-0.1, -0.05) is 32.0 Å². The Morgan fingerprint density at radius 2 is 2.12 bits per heavy atom. The molecule has 0 aromatic heterocycles. The molecule has 3 heteroatoms. The van der Waals surface area contributed by atoms with E-state index >= 15 is 0 Å². The summed E-state index contributed by atoms with van der Waals surface area (Å²) < 4.78 is 0. The van der Waals surface area contributed by atoms with Gasteiger partial charge in [0.15, 0.2) is 0 Å². The number of rotatable bonds is 2. The average Bonchev–Trinajstić information content (AvgIpc) is 2.28. The van der Waals surface area contributed by atoms with Gasteiger partial charge in [-0.05, 0) is 17.5 Å². The van der Waals surface area contributed by atoms with Gasteiger partial charge in [-0.3, -0.25) is 4.79 Å². The molecule has 86 valence electrons. The third-order valence-corrected chi connectivity index (χ3v) is 3.16. The first kappa shape index (κ1) is 11.1. The molecule has 0 saturated carbocycles. The molecular weight excluding hydrogens is 202 g/mol. The van der Waals surface area contributed by atoms with Gasteiger partial charge in [0.25, 0.3) is 0 Å². The maximum absolute atomic E-state index is 11.4. The van der Waals surface area contributed by atoms with Crippen molar-refractivity contribution in [3.05, 3.63) is 29.3 Å². The third-order valence-electron chi connectivity index (χ3n) is 3.16. The molecule has 1 amide bonds. The van der Waals surface area contributed by atoms with Crippen molar-refractivity contribution < 1.29 is 9.90 Å². The zero-order valence-corrected chi connectivity index (χ0v) is 9.71. The van der Waals surface area contributed by atoms with E-state index in [0.717, 1.165) is 17.7 Å². The number of amides is 1. The van der Waals surface area contributed by atoms with Crippen molar-refractivity contribution in [2.75, 3.05) is 11.9 Å². The molecule has 1 aromatic carbocycles. The van der Waals surface area contributed by atoms with Crippen LogP contribution < -0.4 is 5.32 Å². The monoisotopic (exact) mass is 219 g/mol. The molecule has 3 nitrogen and oxygen atoms in total. The van der Waals surface area contributed by atoms with Gasteiger partial charge in [0.05, 0.1) is 6.61 Å². The van der Waals surface area contributed by atoms with E-state index in [9.17, 15) is 9.90 Å². The molecule has 1 heterocycles. The van der Waals surface area contributed by atoms with Gasteiger partial charge in [-0.2, -0.15) is 0 Å². The average molecular weight is 219 g/mol. The number of anilines is 1. The summed E-state index contributed by atoms with van der Waals surface area (Å²) in [7, 11) is 0. The molecule has 2 N–H and O–H groups in total. The Bertz CT molecular complexity index is 424. The Balaban J connectivity index is 2.51. The number of nitrogens with one attached hydrogen (secondary N) is 1. The number of hydrogen-bond acceptors (Lipinski definition) is 2. The normalized spacial score (nSPS) is 15.6. The molecule has 0 aliphatic carbocycles. The van der Waals surface area contributed by atoms with E-state index in [4.69, 9.17) is 0 Å². The minimum Gasteiger partial charge on any atom is -0.395 e. The highest BCUT2D eigenvalue weighted by Gasteiger charge is 2.26. The molecule has 0 unspecified atom stereocenters. The van der Waals surface area contributed by atoms with Crippen LogP contribution in [0.3, 0.4) is 0 Å². The Morgan fingerprint density at radius 1 is 1.38 bits per heavy atom. The highest BCUT2D eigenvalue weighted by molar-refractivity contribution is 5.95. The van der Waals surface area contributed by atoms with Crippen LogP contribution >= 0.6 is 0 Å². The summed E-state index contributed by atoms with van der Waals surface area (Å²) in [5.74, 6) is 0.0636. The highest BCUT2D eigenvalue weighted by Crippen LogP contribution is 2.34. The van der Waals surface area contributed by atoms with E-state index in [0.29, 0.717) is 6.42 Å². The fourth-order valence-electron chi connectivity index (χ4n) is 2.06. The molecular formula is C13H17NO2. The Kier molecular flexibility index (Phi) is 2.72. The molecule has 0 atom stereocenters. The van der Waals surface area contributed by atoms with Crippen LogP contribution in [0.5, 0.6) is 0 Å². The minimum atomic E-state index is -0.323. The van der Waals surface area contributed by atoms with E-state index in [-0.39, 0.29) is 17.9 Å². The van der Waals surface area contributed by atoms with Gasteiger partial charge in [-0.15, -0.1) is 0 Å². The van der Waals surface area contributed by atoms with Crippen LogP contribution in [0.1, 0.15) is 31.4 Å². The topological polar surface area (TPSA) is 49.3 Å². The molecule has 0 radical (unpaired) electrons. The van der Waals surface area contributed by atoms with Gasteiger partial charge in [0, 0.05) is 17.5 Å². The third kappa shape index (κ3) is 1.83.